The van der Waals surface area contributed by atoms with E-state index in [1.54, 1.807) is 6.07 Å². The molecule has 6 heteroatoms. The van der Waals surface area contributed by atoms with Crippen LogP contribution in [0.15, 0.2) is 24.3 Å². The summed E-state index contributed by atoms with van der Waals surface area (Å²) in [5, 5.41) is 8.73. The SMILES string of the molecule is CS(=O)(=O)N1CC(CCC(=O)O)Cc2ccccc21. The van der Waals surface area contributed by atoms with Crippen LogP contribution in [0.2, 0.25) is 0 Å². The summed E-state index contributed by atoms with van der Waals surface area (Å²) < 4.78 is 25.1. The highest BCUT2D eigenvalue weighted by Crippen LogP contribution is 2.32. The average Bonchev–Trinajstić information content (AvgIpc) is 2.34. The van der Waals surface area contributed by atoms with Crippen LogP contribution in [-0.4, -0.2) is 32.3 Å². The second-order valence-electron chi connectivity index (χ2n) is 4.93. The number of nitrogens with zero attached hydrogens (tertiary/aromatic N) is 1. The zero-order chi connectivity index (χ0) is 14.0. The monoisotopic (exact) mass is 283 g/mol. The van der Waals surface area contributed by atoms with Crippen LogP contribution in [0.5, 0.6) is 0 Å². The van der Waals surface area contributed by atoms with Gasteiger partial charge in [0.2, 0.25) is 10.0 Å². The van der Waals surface area contributed by atoms with E-state index in [1.165, 1.54) is 10.6 Å². The zero-order valence-corrected chi connectivity index (χ0v) is 11.6. The molecule has 0 fully saturated rings. The molecule has 2 rings (SSSR count). The van der Waals surface area contributed by atoms with Gasteiger partial charge < -0.3 is 5.11 Å². The van der Waals surface area contributed by atoms with Gasteiger partial charge in [-0.05, 0) is 30.4 Å². The Balaban J connectivity index is 2.27. The molecule has 0 aliphatic carbocycles. The number of para-hydroxylation sites is 1. The molecule has 1 aromatic rings. The van der Waals surface area contributed by atoms with E-state index >= 15 is 0 Å². The maximum Gasteiger partial charge on any atom is 0.303 e. The van der Waals surface area contributed by atoms with Crippen molar-refractivity contribution in [3.8, 4) is 0 Å². The highest BCUT2D eigenvalue weighted by atomic mass is 32.2. The molecule has 0 aromatic heterocycles. The van der Waals surface area contributed by atoms with Crippen molar-refractivity contribution in [2.24, 2.45) is 5.92 Å². The van der Waals surface area contributed by atoms with Gasteiger partial charge in [-0.1, -0.05) is 18.2 Å². The number of aliphatic carboxylic acids is 1. The molecule has 19 heavy (non-hydrogen) atoms. The number of fused-ring (bicyclic) bond motifs is 1. The fraction of sp³-hybridized carbons (Fsp3) is 0.462. The van der Waals surface area contributed by atoms with Gasteiger partial charge in [0.05, 0.1) is 11.9 Å². The van der Waals surface area contributed by atoms with E-state index in [1.807, 2.05) is 18.2 Å². The van der Waals surface area contributed by atoms with Gasteiger partial charge in [-0.25, -0.2) is 8.42 Å². The minimum Gasteiger partial charge on any atom is -0.481 e. The third kappa shape index (κ3) is 3.26. The van der Waals surface area contributed by atoms with Crippen molar-refractivity contribution >= 4 is 21.7 Å². The Labute approximate surface area is 112 Å². The second-order valence-corrected chi connectivity index (χ2v) is 6.83. The Morgan fingerprint density at radius 2 is 2.11 bits per heavy atom. The molecule has 1 aliphatic heterocycles. The number of hydrogen-bond acceptors (Lipinski definition) is 3. The van der Waals surface area contributed by atoms with E-state index in [0.717, 1.165) is 17.7 Å². The molecule has 104 valence electrons. The smallest absolute Gasteiger partial charge is 0.303 e. The zero-order valence-electron chi connectivity index (χ0n) is 10.7. The number of anilines is 1. The number of carboxylic acid groups (broad SMARTS) is 1. The highest BCUT2D eigenvalue weighted by Gasteiger charge is 2.29. The predicted molar refractivity (Wildman–Crippen MR) is 72.7 cm³/mol. The largest absolute Gasteiger partial charge is 0.481 e. The first kappa shape index (κ1) is 13.9. The predicted octanol–water partition coefficient (Wildman–Crippen LogP) is 1.49. The van der Waals surface area contributed by atoms with Crippen molar-refractivity contribution in [2.75, 3.05) is 17.1 Å². The van der Waals surface area contributed by atoms with E-state index in [0.29, 0.717) is 13.0 Å². The molecular formula is C13H17NO4S. The van der Waals surface area contributed by atoms with Gasteiger partial charge in [-0.15, -0.1) is 0 Å². The normalized spacial score (nSPS) is 19.0. The van der Waals surface area contributed by atoms with Crippen molar-refractivity contribution in [1.29, 1.82) is 0 Å². The van der Waals surface area contributed by atoms with Crippen LogP contribution in [-0.2, 0) is 21.2 Å². The van der Waals surface area contributed by atoms with Crippen LogP contribution in [0.25, 0.3) is 0 Å². The van der Waals surface area contributed by atoms with Gasteiger partial charge in [0, 0.05) is 13.0 Å². The lowest BCUT2D eigenvalue weighted by Gasteiger charge is -2.34. The topological polar surface area (TPSA) is 74.7 Å². The van der Waals surface area contributed by atoms with Crippen molar-refractivity contribution in [3.63, 3.8) is 0 Å². The van der Waals surface area contributed by atoms with Gasteiger partial charge >= 0.3 is 5.97 Å². The molecule has 1 unspecified atom stereocenters. The summed E-state index contributed by atoms with van der Waals surface area (Å²) in [5.74, 6) is -0.787. The molecule has 5 nitrogen and oxygen atoms in total. The number of sulfonamides is 1. The van der Waals surface area contributed by atoms with Crippen LogP contribution in [0.3, 0.4) is 0 Å². The minimum atomic E-state index is -3.32. The molecule has 0 saturated carbocycles. The van der Waals surface area contributed by atoms with Gasteiger partial charge in [0.25, 0.3) is 0 Å². The lowest BCUT2D eigenvalue weighted by atomic mass is 9.90. The van der Waals surface area contributed by atoms with Crippen molar-refractivity contribution in [3.05, 3.63) is 29.8 Å². The molecule has 0 saturated heterocycles. The lowest BCUT2D eigenvalue weighted by molar-refractivity contribution is -0.137. The first-order chi connectivity index (χ1) is 8.88. The fourth-order valence-electron chi connectivity index (χ4n) is 2.47. The molecule has 0 amide bonds. The first-order valence-electron chi connectivity index (χ1n) is 6.15. The van der Waals surface area contributed by atoms with E-state index in [-0.39, 0.29) is 12.3 Å². The van der Waals surface area contributed by atoms with E-state index < -0.39 is 16.0 Å². The molecule has 1 atom stereocenters. The summed E-state index contributed by atoms with van der Waals surface area (Å²) in [7, 11) is -3.32. The Kier molecular flexibility index (Phi) is 3.80. The fourth-order valence-corrected chi connectivity index (χ4v) is 3.49. The third-order valence-corrected chi connectivity index (χ3v) is 4.51. The summed E-state index contributed by atoms with van der Waals surface area (Å²) in [6.07, 6.45) is 2.49. The summed E-state index contributed by atoms with van der Waals surface area (Å²) in [4.78, 5) is 10.6. The number of carbonyl (C=O) groups is 1. The number of benzene rings is 1. The molecule has 1 aromatic carbocycles. The Morgan fingerprint density at radius 3 is 2.74 bits per heavy atom. The summed E-state index contributed by atoms with van der Waals surface area (Å²) in [6.45, 7) is 0.364. The molecule has 1 N–H and O–H groups in total. The second kappa shape index (κ2) is 5.21. The molecular weight excluding hydrogens is 266 g/mol. The standard InChI is InChI=1S/C13H17NO4S/c1-19(17,18)14-9-10(6-7-13(15)16)8-11-4-2-3-5-12(11)14/h2-5,10H,6-9H2,1H3,(H,15,16). The maximum absolute atomic E-state index is 11.8. The molecule has 0 radical (unpaired) electrons. The molecule has 1 heterocycles. The van der Waals surface area contributed by atoms with E-state index in [9.17, 15) is 13.2 Å². The summed E-state index contributed by atoms with van der Waals surface area (Å²) in [6, 6.07) is 7.39. The highest BCUT2D eigenvalue weighted by molar-refractivity contribution is 7.92. The minimum absolute atomic E-state index is 0.0562. The molecule has 0 bridgehead atoms. The lowest BCUT2D eigenvalue weighted by Crippen LogP contribution is -2.39. The van der Waals surface area contributed by atoms with E-state index in [2.05, 4.69) is 0 Å². The van der Waals surface area contributed by atoms with Crippen molar-refractivity contribution in [2.45, 2.75) is 19.3 Å². The molecule has 1 aliphatic rings. The number of hydrogen-bond donors (Lipinski definition) is 1. The quantitative estimate of drug-likeness (QED) is 0.908. The summed E-state index contributed by atoms with van der Waals surface area (Å²) in [5.41, 5.74) is 1.69. The van der Waals surface area contributed by atoms with Crippen LogP contribution in [0, 0.1) is 5.92 Å². The van der Waals surface area contributed by atoms with Crippen LogP contribution >= 0.6 is 0 Å². The number of rotatable bonds is 4. The first-order valence-corrected chi connectivity index (χ1v) is 8.00. The van der Waals surface area contributed by atoms with Gasteiger partial charge in [0.15, 0.2) is 0 Å². The Hall–Kier alpha value is -1.56. The Morgan fingerprint density at radius 1 is 1.42 bits per heavy atom. The van der Waals surface area contributed by atoms with Gasteiger partial charge in [0.1, 0.15) is 0 Å². The van der Waals surface area contributed by atoms with Gasteiger partial charge in [-0.2, -0.15) is 0 Å². The van der Waals surface area contributed by atoms with Crippen molar-refractivity contribution in [1.82, 2.24) is 0 Å². The third-order valence-electron chi connectivity index (χ3n) is 3.36. The number of carboxylic acids is 1. The van der Waals surface area contributed by atoms with Crippen LogP contribution in [0.1, 0.15) is 18.4 Å². The van der Waals surface area contributed by atoms with Crippen LogP contribution in [0.4, 0.5) is 5.69 Å². The Bertz CT molecular complexity index is 582. The maximum atomic E-state index is 11.8. The van der Waals surface area contributed by atoms with Crippen molar-refractivity contribution < 1.29 is 18.3 Å². The van der Waals surface area contributed by atoms with Gasteiger partial charge in [-0.3, -0.25) is 9.10 Å². The van der Waals surface area contributed by atoms with Crippen LogP contribution < -0.4 is 4.31 Å². The summed E-state index contributed by atoms with van der Waals surface area (Å²) >= 11 is 0. The average molecular weight is 283 g/mol. The molecule has 0 spiro atoms. The van der Waals surface area contributed by atoms with E-state index in [4.69, 9.17) is 5.11 Å².